The van der Waals surface area contributed by atoms with Crippen LogP contribution in [0.1, 0.15) is 258 Å². The van der Waals surface area contributed by atoms with Crippen LogP contribution in [0, 0.1) is 0 Å². The molecule has 342 valence electrons. The number of esters is 2. The molecular formula is C49H93O8P. The number of hydrogen-bond acceptors (Lipinski definition) is 6. The second kappa shape index (κ2) is 45.1. The molecule has 0 rings (SSSR count). The van der Waals surface area contributed by atoms with E-state index in [1.165, 1.54) is 180 Å². The van der Waals surface area contributed by atoms with Crippen LogP contribution in [0.15, 0.2) is 24.3 Å². The van der Waals surface area contributed by atoms with E-state index in [-0.39, 0.29) is 19.4 Å². The van der Waals surface area contributed by atoms with Gasteiger partial charge >= 0.3 is 19.8 Å². The third-order valence-electron chi connectivity index (χ3n) is 11.0. The molecular weight excluding hydrogens is 748 g/mol. The molecule has 0 aromatic rings. The predicted octanol–water partition coefficient (Wildman–Crippen LogP) is 15.5. The topological polar surface area (TPSA) is 119 Å². The molecule has 0 aromatic heterocycles. The Morgan fingerprint density at radius 3 is 1.17 bits per heavy atom. The van der Waals surface area contributed by atoms with Gasteiger partial charge in [0.2, 0.25) is 0 Å². The zero-order valence-corrected chi connectivity index (χ0v) is 38.9. The minimum absolute atomic E-state index is 0.216. The molecule has 1 atom stereocenters. The van der Waals surface area contributed by atoms with Gasteiger partial charge in [0.25, 0.3) is 0 Å². The zero-order valence-electron chi connectivity index (χ0n) is 38.0. The van der Waals surface area contributed by atoms with Crippen LogP contribution in [-0.2, 0) is 28.2 Å². The first-order valence-electron chi connectivity index (χ1n) is 24.6. The number of phosphoric acid groups is 1. The third-order valence-corrected chi connectivity index (χ3v) is 11.5. The fourth-order valence-corrected chi connectivity index (χ4v) is 7.65. The number of phosphoric ester groups is 1. The van der Waals surface area contributed by atoms with E-state index in [1.54, 1.807) is 0 Å². The molecule has 0 saturated heterocycles. The summed E-state index contributed by atoms with van der Waals surface area (Å²) < 4.78 is 26.5. The average molecular weight is 841 g/mol. The summed E-state index contributed by atoms with van der Waals surface area (Å²) in [7, 11) is -4.76. The molecule has 0 bridgehead atoms. The molecule has 0 aliphatic carbocycles. The summed E-state index contributed by atoms with van der Waals surface area (Å²) in [5, 5.41) is 0. The normalized spacial score (nSPS) is 12.6. The third kappa shape index (κ3) is 47.2. The van der Waals surface area contributed by atoms with Gasteiger partial charge in [-0.2, -0.15) is 0 Å². The van der Waals surface area contributed by atoms with Crippen LogP contribution in [0.3, 0.4) is 0 Å². The summed E-state index contributed by atoms with van der Waals surface area (Å²) in [4.78, 5) is 43.1. The van der Waals surface area contributed by atoms with Gasteiger partial charge in [0, 0.05) is 12.8 Å². The number of hydrogen-bond donors (Lipinski definition) is 2. The van der Waals surface area contributed by atoms with Gasteiger partial charge < -0.3 is 19.3 Å². The van der Waals surface area contributed by atoms with Crippen LogP contribution in [0.4, 0.5) is 0 Å². The van der Waals surface area contributed by atoms with Crippen molar-refractivity contribution in [1.82, 2.24) is 0 Å². The summed E-state index contributed by atoms with van der Waals surface area (Å²) in [6.07, 6.45) is 53.3. The van der Waals surface area contributed by atoms with E-state index in [0.29, 0.717) is 6.42 Å². The van der Waals surface area contributed by atoms with Crippen LogP contribution < -0.4 is 0 Å². The molecule has 0 saturated carbocycles. The van der Waals surface area contributed by atoms with Crippen LogP contribution in [-0.4, -0.2) is 41.0 Å². The number of carbonyl (C=O) groups excluding carboxylic acids is 2. The monoisotopic (exact) mass is 841 g/mol. The van der Waals surface area contributed by atoms with Gasteiger partial charge in [-0.3, -0.25) is 14.1 Å². The molecule has 0 amide bonds. The van der Waals surface area contributed by atoms with E-state index >= 15 is 0 Å². The Bertz CT molecular complexity index is 993. The minimum atomic E-state index is -4.76. The van der Waals surface area contributed by atoms with Crippen LogP contribution in [0.2, 0.25) is 0 Å². The maximum atomic E-state index is 12.5. The largest absolute Gasteiger partial charge is 0.469 e. The van der Waals surface area contributed by atoms with Crippen molar-refractivity contribution in [3.05, 3.63) is 24.3 Å². The van der Waals surface area contributed by atoms with Gasteiger partial charge in [0.15, 0.2) is 6.10 Å². The average Bonchev–Trinajstić information content (AvgIpc) is 3.20. The van der Waals surface area contributed by atoms with E-state index in [4.69, 9.17) is 19.3 Å². The number of rotatable bonds is 46. The van der Waals surface area contributed by atoms with Gasteiger partial charge in [0.1, 0.15) is 6.61 Å². The summed E-state index contributed by atoms with van der Waals surface area (Å²) >= 11 is 0. The molecule has 0 unspecified atom stereocenters. The standard InChI is InChI=1S/C49H93O8P/c1-3-5-7-9-11-13-15-17-19-21-23-24-26-28-30-32-34-36-38-40-42-44-49(51)57-47(46-56-58(52,53)54)45-55-48(50)43-41-39-37-35-33-31-29-27-25-22-20-18-16-14-12-10-8-6-4-2/h12,14,18,20,47H,3-11,13,15-17,19,21-46H2,1-2H3,(H2,52,53,54)/b14-12+,20-18+/t47-/m1/s1. The number of carbonyl (C=O) groups is 2. The Hall–Kier alpha value is -1.47. The Balaban J connectivity index is 3.81. The summed E-state index contributed by atoms with van der Waals surface area (Å²) in [5.74, 6) is -0.875. The van der Waals surface area contributed by atoms with Crippen molar-refractivity contribution >= 4 is 19.8 Å². The van der Waals surface area contributed by atoms with E-state index in [9.17, 15) is 14.2 Å². The molecule has 8 nitrogen and oxygen atoms in total. The molecule has 58 heavy (non-hydrogen) atoms. The number of ether oxygens (including phenoxy) is 2. The van der Waals surface area contributed by atoms with Crippen LogP contribution in [0.25, 0.3) is 0 Å². The first kappa shape index (κ1) is 56.5. The van der Waals surface area contributed by atoms with E-state index < -0.39 is 32.5 Å². The van der Waals surface area contributed by atoms with E-state index in [1.807, 2.05) is 0 Å². The fraction of sp³-hybridized carbons (Fsp3) is 0.878. The predicted molar refractivity (Wildman–Crippen MR) is 244 cm³/mol. The number of unbranched alkanes of at least 4 members (excludes halogenated alkanes) is 32. The Labute approximate surface area is 358 Å². The molecule has 0 aromatic carbocycles. The smallest absolute Gasteiger partial charge is 0.462 e. The van der Waals surface area contributed by atoms with Crippen LogP contribution in [0.5, 0.6) is 0 Å². The Kier molecular flexibility index (Phi) is 43.9. The summed E-state index contributed by atoms with van der Waals surface area (Å²) in [5.41, 5.74) is 0. The summed E-state index contributed by atoms with van der Waals surface area (Å²) in [6.45, 7) is 3.70. The minimum Gasteiger partial charge on any atom is -0.462 e. The lowest BCUT2D eigenvalue weighted by atomic mass is 10.0. The maximum absolute atomic E-state index is 12.5. The highest BCUT2D eigenvalue weighted by molar-refractivity contribution is 7.46. The van der Waals surface area contributed by atoms with Crippen molar-refractivity contribution in [3.63, 3.8) is 0 Å². The lowest BCUT2D eigenvalue weighted by Gasteiger charge is -2.18. The molecule has 0 spiro atoms. The highest BCUT2D eigenvalue weighted by atomic mass is 31.2. The van der Waals surface area contributed by atoms with Crippen molar-refractivity contribution in [3.8, 4) is 0 Å². The molecule has 0 fully saturated rings. The van der Waals surface area contributed by atoms with Gasteiger partial charge in [-0.1, -0.05) is 224 Å². The molecule has 9 heteroatoms. The van der Waals surface area contributed by atoms with Crippen molar-refractivity contribution in [1.29, 1.82) is 0 Å². The Morgan fingerprint density at radius 2 is 0.776 bits per heavy atom. The SMILES string of the molecule is CCCCC/C=C/C/C=C/CCCCCCCCCCCC(=O)OC[C@H](COP(=O)(O)O)OC(=O)CCCCCCCCCCCCCCCCCCCCCCC. The fourth-order valence-electron chi connectivity index (χ4n) is 7.29. The van der Waals surface area contributed by atoms with Gasteiger partial charge in [0.05, 0.1) is 6.61 Å². The van der Waals surface area contributed by atoms with Gasteiger partial charge in [-0.05, 0) is 44.9 Å². The highest BCUT2D eigenvalue weighted by Crippen LogP contribution is 2.36. The molecule has 0 aliphatic heterocycles. The quantitative estimate of drug-likeness (QED) is 0.0269. The Morgan fingerprint density at radius 1 is 0.448 bits per heavy atom. The molecule has 0 aliphatic rings. The molecule has 2 N–H and O–H groups in total. The second-order valence-electron chi connectivity index (χ2n) is 16.8. The number of allylic oxidation sites excluding steroid dienone is 4. The van der Waals surface area contributed by atoms with Gasteiger partial charge in [-0.15, -0.1) is 0 Å². The lowest BCUT2D eigenvalue weighted by Crippen LogP contribution is -2.29. The first-order chi connectivity index (χ1) is 28.3. The van der Waals surface area contributed by atoms with Gasteiger partial charge in [-0.25, -0.2) is 4.57 Å². The highest BCUT2D eigenvalue weighted by Gasteiger charge is 2.23. The second-order valence-corrected chi connectivity index (χ2v) is 18.0. The summed E-state index contributed by atoms with van der Waals surface area (Å²) in [6, 6.07) is 0. The van der Waals surface area contributed by atoms with E-state index in [0.717, 1.165) is 44.9 Å². The maximum Gasteiger partial charge on any atom is 0.469 e. The lowest BCUT2D eigenvalue weighted by molar-refractivity contribution is -0.161. The van der Waals surface area contributed by atoms with E-state index in [2.05, 4.69) is 42.7 Å². The van der Waals surface area contributed by atoms with Crippen molar-refractivity contribution in [2.75, 3.05) is 13.2 Å². The molecule has 0 heterocycles. The zero-order chi connectivity index (χ0) is 42.5. The van der Waals surface area contributed by atoms with Crippen molar-refractivity contribution < 1.29 is 37.9 Å². The first-order valence-corrected chi connectivity index (χ1v) is 26.2. The molecule has 0 radical (unpaired) electrons. The van der Waals surface area contributed by atoms with Crippen LogP contribution >= 0.6 is 7.82 Å². The van der Waals surface area contributed by atoms with Crippen molar-refractivity contribution in [2.45, 2.75) is 264 Å². The van der Waals surface area contributed by atoms with Crippen molar-refractivity contribution in [2.24, 2.45) is 0 Å².